The van der Waals surface area contributed by atoms with Gasteiger partial charge in [0.25, 0.3) is 0 Å². The largest absolute Gasteiger partial charge is 0.508 e. The Morgan fingerprint density at radius 3 is 2.75 bits per heavy atom. The van der Waals surface area contributed by atoms with Gasteiger partial charge >= 0.3 is 0 Å². The van der Waals surface area contributed by atoms with Crippen LogP contribution in [-0.4, -0.2) is 21.9 Å². The first kappa shape index (κ1) is 17.6. The second kappa shape index (κ2) is 6.59. The molecular formula is C21H32O3. The fourth-order valence-corrected chi connectivity index (χ4v) is 4.70. The average Bonchev–Trinajstić information content (AvgIpc) is 2.51. The van der Waals surface area contributed by atoms with E-state index in [0.717, 1.165) is 42.6 Å². The van der Waals surface area contributed by atoms with Crippen molar-refractivity contribution in [2.75, 3.05) is 0 Å². The highest BCUT2D eigenvalue weighted by molar-refractivity contribution is 5.52. The third kappa shape index (κ3) is 3.28. The SMILES string of the molecule is CCC(O)CCc1cc(O)c2c(c1)OC(C)(C)[C@@H]1CC[C@@H](C)C[C@@H]21. The van der Waals surface area contributed by atoms with Crippen LogP contribution >= 0.6 is 0 Å². The predicted molar refractivity (Wildman–Crippen MR) is 96.7 cm³/mol. The molecule has 0 aromatic heterocycles. The minimum Gasteiger partial charge on any atom is -0.508 e. The Bertz CT molecular complexity index is 593. The van der Waals surface area contributed by atoms with Gasteiger partial charge in [0.2, 0.25) is 0 Å². The number of aromatic hydroxyl groups is 1. The van der Waals surface area contributed by atoms with Crippen LogP contribution in [0, 0.1) is 11.8 Å². The molecule has 1 aromatic carbocycles. The highest BCUT2D eigenvalue weighted by Crippen LogP contribution is 2.55. The quantitative estimate of drug-likeness (QED) is 0.833. The Morgan fingerprint density at radius 1 is 1.29 bits per heavy atom. The second-order valence-electron chi connectivity index (χ2n) is 8.46. The summed E-state index contributed by atoms with van der Waals surface area (Å²) in [5, 5.41) is 20.5. The molecule has 1 aromatic rings. The van der Waals surface area contributed by atoms with E-state index in [4.69, 9.17) is 4.74 Å². The van der Waals surface area contributed by atoms with Gasteiger partial charge in [-0.25, -0.2) is 0 Å². The van der Waals surface area contributed by atoms with E-state index in [1.165, 1.54) is 12.8 Å². The molecular weight excluding hydrogens is 300 g/mol. The molecule has 1 fully saturated rings. The number of aryl methyl sites for hydroxylation is 1. The number of hydrogen-bond donors (Lipinski definition) is 2. The number of fused-ring (bicyclic) bond motifs is 3. The zero-order valence-electron chi connectivity index (χ0n) is 15.5. The van der Waals surface area contributed by atoms with E-state index in [0.29, 0.717) is 23.5 Å². The van der Waals surface area contributed by atoms with Crippen LogP contribution in [0.4, 0.5) is 0 Å². The number of phenols is 1. The molecule has 2 N–H and O–H groups in total. The minimum atomic E-state index is -0.274. The van der Waals surface area contributed by atoms with E-state index in [9.17, 15) is 10.2 Å². The van der Waals surface area contributed by atoms with Crippen LogP contribution in [0.3, 0.4) is 0 Å². The molecule has 0 amide bonds. The molecule has 3 nitrogen and oxygen atoms in total. The standard InChI is InChI=1S/C21H32O3/c1-5-15(22)8-7-14-11-18(23)20-16-10-13(2)6-9-17(16)21(3,4)24-19(20)12-14/h11-13,15-17,22-23H,5-10H2,1-4H3/t13-,15?,16-,17-/m1/s1. The lowest BCUT2D eigenvalue weighted by atomic mass is 9.64. The Hall–Kier alpha value is -1.22. The van der Waals surface area contributed by atoms with Crippen molar-refractivity contribution in [3.8, 4) is 11.5 Å². The highest BCUT2D eigenvalue weighted by atomic mass is 16.5. The van der Waals surface area contributed by atoms with Gasteiger partial charge in [-0.2, -0.15) is 0 Å². The maximum Gasteiger partial charge on any atom is 0.127 e. The van der Waals surface area contributed by atoms with Gasteiger partial charge in [0, 0.05) is 11.5 Å². The van der Waals surface area contributed by atoms with Gasteiger partial charge < -0.3 is 14.9 Å². The fourth-order valence-electron chi connectivity index (χ4n) is 4.70. The van der Waals surface area contributed by atoms with Gasteiger partial charge in [0.05, 0.1) is 6.10 Å². The van der Waals surface area contributed by atoms with Crippen molar-refractivity contribution in [1.82, 2.24) is 0 Å². The van der Waals surface area contributed by atoms with Crippen LogP contribution in [0.15, 0.2) is 12.1 Å². The Kier molecular flexibility index (Phi) is 4.83. The van der Waals surface area contributed by atoms with Gasteiger partial charge in [-0.1, -0.05) is 20.3 Å². The molecule has 2 aliphatic rings. The number of aliphatic hydroxyl groups excluding tert-OH is 1. The first-order chi connectivity index (χ1) is 11.3. The van der Waals surface area contributed by atoms with Crippen LogP contribution in [0.25, 0.3) is 0 Å². The van der Waals surface area contributed by atoms with Crippen molar-refractivity contribution in [2.24, 2.45) is 11.8 Å². The average molecular weight is 332 g/mol. The van der Waals surface area contributed by atoms with Crippen molar-refractivity contribution in [3.63, 3.8) is 0 Å². The first-order valence-corrected chi connectivity index (χ1v) is 9.54. The molecule has 0 bridgehead atoms. The third-order valence-electron chi connectivity index (χ3n) is 6.17. The number of phenolic OH excluding ortho intramolecular Hbond substituents is 1. The van der Waals surface area contributed by atoms with Gasteiger partial charge in [-0.15, -0.1) is 0 Å². The summed E-state index contributed by atoms with van der Waals surface area (Å²) in [5.41, 5.74) is 1.88. The number of aliphatic hydroxyl groups is 1. The van der Waals surface area contributed by atoms with E-state index < -0.39 is 0 Å². The molecule has 24 heavy (non-hydrogen) atoms. The topological polar surface area (TPSA) is 49.7 Å². The van der Waals surface area contributed by atoms with E-state index in [2.05, 4.69) is 26.8 Å². The summed E-state index contributed by atoms with van der Waals surface area (Å²) in [6.07, 6.45) is 5.53. The lowest BCUT2D eigenvalue weighted by molar-refractivity contribution is -0.0145. The molecule has 1 aliphatic carbocycles. The summed E-state index contributed by atoms with van der Waals surface area (Å²) in [7, 11) is 0. The number of benzene rings is 1. The summed E-state index contributed by atoms with van der Waals surface area (Å²) in [6, 6.07) is 3.98. The van der Waals surface area contributed by atoms with Crippen molar-refractivity contribution in [1.29, 1.82) is 0 Å². The fraction of sp³-hybridized carbons (Fsp3) is 0.714. The molecule has 0 spiro atoms. The maximum absolute atomic E-state index is 10.7. The third-order valence-corrected chi connectivity index (χ3v) is 6.17. The molecule has 0 radical (unpaired) electrons. The lowest BCUT2D eigenvalue weighted by Gasteiger charge is -2.48. The molecule has 3 rings (SSSR count). The van der Waals surface area contributed by atoms with Gasteiger partial charge in [-0.05, 0) is 75.5 Å². The van der Waals surface area contributed by atoms with E-state index in [1.807, 2.05) is 13.0 Å². The Balaban J connectivity index is 1.92. The van der Waals surface area contributed by atoms with E-state index in [-0.39, 0.29) is 11.7 Å². The number of hydrogen-bond acceptors (Lipinski definition) is 3. The molecule has 0 saturated heterocycles. The van der Waals surface area contributed by atoms with Crippen LogP contribution in [-0.2, 0) is 6.42 Å². The molecule has 1 saturated carbocycles. The summed E-state index contributed by atoms with van der Waals surface area (Å²) in [4.78, 5) is 0. The van der Waals surface area contributed by atoms with Crippen LogP contribution < -0.4 is 4.74 Å². The lowest BCUT2D eigenvalue weighted by Crippen LogP contribution is -2.46. The molecule has 1 aliphatic heterocycles. The molecule has 3 heteroatoms. The monoisotopic (exact) mass is 332 g/mol. The second-order valence-corrected chi connectivity index (χ2v) is 8.46. The molecule has 134 valence electrons. The Morgan fingerprint density at radius 2 is 2.04 bits per heavy atom. The zero-order valence-corrected chi connectivity index (χ0v) is 15.5. The molecule has 1 unspecified atom stereocenters. The van der Waals surface area contributed by atoms with Gasteiger partial charge in [-0.3, -0.25) is 0 Å². The van der Waals surface area contributed by atoms with Crippen molar-refractivity contribution in [3.05, 3.63) is 23.3 Å². The predicted octanol–water partition coefficient (Wildman–Crippen LogP) is 4.79. The van der Waals surface area contributed by atoms with Crippen LogP contribution in [0.1, 0.15) is 76.8 Å². The summed E-state index contributed by atoms with van der Waals surface area (Å²) in [5.74, 6) is 2.80. The van der Waals surface area contributed by atoms with Gasteiger partial charge in [0.1, 0.15) is 17.1 Å². The minimum absolute atomic E-state index is 0.189. The Labute approximate surface area is 146 Å². The smallest absolute Gasteiger partial charge is 0.127 e. The zero-order chi connectivity index (χ0) is 17.5. The molecule has 1 heterocycles. The molecule has 4 atom stereocenters. The van der Waals surface area contributed by atoms with Crippen molar-refractivity contribution >= 4 is 0 Å². The maximum atomic E-state index is 10.7. The summed E-state index contributed by atoms with van der Waals surface area (Å²) in [6.45, 7) is 8.68. The summed E-state index contributed by atoms with van der Waals surface area (Å²) >= 11 is 0. The summed E-state index contributed by atoms with van der Waals surface area (Å²) < 4.78 is 6.36. The van der Waals surface area contributed by atoms with E-state index in [1.54, 1.807) is 0 Å². The van der Waals surface area contributed by atoms with Crippen LogP contribution in [0.2, 0.25) is 0 Å². The van der Waals surface area contributed by atoms with Crippen LogP contribution in [0.5, 0.6) is 11.5 Å². The number of rotatable bonds is 4. The van der Waals surface area contributed by atoms with Crippen molar-refractivity contribution < 1.29 is 14.9 Å². The normalized spacial score (nSPS) is 29.3. The first-order valence-electron chi connectivity index (χ1n) is 9.54. The highest BCUT2D eigenvalue weighted by Gasteiger charge is 2.47. The van der Waals surface area contributed by atoms with E-state index >= 15 is 0 Å². The van der Waals surface area contributed by atoms with Gasteiger partial charge in [0.15, 0.2) is 0 Å². The number of ether oxygens (including phenoxy) is 1. The van der Waals surface area contributed by atoms with Crippen molar-refractivity contribution in [2.45, 2.75) is 83.8 Å².